The predicted molar refractivity (Wildman–Crippen MR) is 47.4 cm³/mol. The lowest BCUT2D eigenvalue weighted by Gasteiger charge is -1.95. The van der Waals surface area contributed by atoms with Crippen LogP contribution in [0.2, 0.25) is 10.3 Å². The molecule has 60 valence electrons. The Bertz CT molecular complexity index is 389. The maximum absolute atomic E-state index is 5.65. The minimum absolute atomic E-state index is 0.353. The van der Waals surface area contributed by atoms with Gasteiger partial charge >= 0.3 is 0 Å². The van der Waals surface area contributed by atoms with Gasteiger partial charge < -0.3 is 0 Å². The van der Waals surface area contributed by atoms with E-state index in [1.165, 1.54) is 6.20 Å². The summed E-state index contributed by atoms with van der Waals surface area (Å²) in [5.74, 6) is 0. The predicted octanol–water partition coefficient (Wildman–Crippen LogP) is 2.33. The standard InChI is InChI=1S/C7H3Cl2N3/c8-5-2-1-4-7(12-5)10-3-6(9)11-4/h1-3H/i6+1. The highest BCUT2D eigenvalue weighted by atomic mass is 35.5. The maximum Gasteiger partial charge on any atom is 0.179 e. The molecule has 0 saturated carbocycles. The van der Waals surface area contributed by atoms with Crippen molar-refractivity contribution in [3.8, 4) is 0 Å². The van der Waals surface area contributed by atoms with Crippen LogP contribution in [0.4, 0.5) is 0 Å². The van der Waals surface area contributed by atoms with E-state index < -0.39 is 0 Å². The van der Waals surface area contributed by atoms with Crippen LogP contribution >= 0.6 is 23.2 Å². The van der Waals surface area contributed by atoms with Crippen molar-refractivity contribution in [3.63, 3.8) is 0 Å². The zero-order valence-electron chi connectivity index (χ0n) is 5.83. The zero-order chi connectivity index (χ0) is 8.55. The van der Waals surface area contributed by atoms with Crippen LogP contribution in [0.1, 0.15) is 0 Å². The Labute approximate surface area is 78.4 Å². The van der Waals surface area contributed by atoms with Gasteiger partial charge in [-0.25, -0.2) is 15.0 Å². The molecule has 2 aromatic heterocycles. The summed E-state index contributed by atoms with van der Waals surface area (Å²) in [7, 11) is 0. The van der Waals surface area contributed by atoms with Gasteiger partial charge in [0.15, 0.2) is 5.65 Å². The molecule has 5 heteroatoms. The molecule has 0 unspecified atom stereocenters. The van der Waals surface area contributed by atoms with Crippen LogP contribution in [0.15, 0.2) is 18.3 Å². The molecule has 0 aromatic carbocycles. The van der Waals surface area contributed by atoms with E-state index in [2.05, 4.69) is 15.0 Å². The molecule has 12 heavy (non-hydrogen) atoms. The molecule has 0 aliphatic rings. The molecule has 0 aliphatic heterocycles. The second-order valence-electron chi connectivity index (χ2n) is 2.17. The average Bonchev–Trinajstić information content (AvgIpc) is 2.05. The molecule has 0 amide bonds. The van der Waals surface area contributed by atoms with Crippen LogP contribution in [0.5, 0.6) is 0 Å². The van der Waals surface area contributed by atoms with Crippen molar-refractivity contribution in [3.05, 3.63) is 28.6 Å². The first-order valence-electron chi connectivity index (χ1n) is 3.20. The third kappa shape index (κ3) is 1.33. The molecule has 0 fully saturated rings. The van der Waals surface area contributed by atoms with Gasteiger partial charge in [-0.05, 0) is 12.1 Å². The van der Waals surface area contributed by atoms with E-state index in [1.807, 2.05) is 0 Å². The maximum atomic E-state index is 5.65. The minimum atomic E-state index is 0.353. The van der Waals surface area contributed by atoms with Crippen molar-refractivity contribution in [1.29, 1.82) is 0 Å². The third-order valence-corrected chi connectivity index (χ3v) is 1.73. The molecule has 0 spiro atoms. The Hall–Kier alpha value is -0.930. The van der Waals surface area contributed by atoms with Crippen LogP contribution in [-0.2, 0) is 0 Å². The van der Waals surface area contributed by atoms with E-state index in [-0.39, 0.29) is 0 Å². The van der Waals surface area contributed by atoms with E-state index >= 15 is 0 Å². The second-order valence-corrected chi connectivity index (χ2v) is 2.94. The fourth-order valence-corrected chi connectivity index (χ4v) is 1.14. The van der Waals surface area contributed by atoms with Crippen LogP contribution in [-0.4, -0.2) is 15.0 Å². The van der Waals surface area contributed by atoms with Gasteiger partial charge in [0.05, 0.1) is 6.20 Å². The number of aromatic nitrogens is 3. The number of rotatable bonds is 0. The van der Waals surface area contributed by atoms with Gasteiger partial charge in [0, 0.05) is 0 Å². The smallest absolute Gasteiger partial charge is 0.179 e. The molecule has 0 aliphatic carbocycles. The van der Waals surface area contributed by atoms with Crippen LogP contribution in [0.3, 0.4) is 0 Å². The number of hydrogen-bond acceptors (Lipinski definition) is 3. The van der Waals surface area contributed by atoms with Crippen molar-refractivity contribution < 1.29 is 0 Å². The summed E-state index contributed by atoms with van der Waals surface area (Å²) >= 11 is 11.3. The normalized spacial score (nSPS) is 10.5. The first-order valence-corrected chi connectivity index (χ1v) is 3.96. The van der Waals surface area contributed by atoms with Crippen LogP contribution < -0.4 is 0 Å². The fraction of sp³-hybridized carbons (Fsp3) is 0. The highest BCUT2D eigenvalue weighted by Gasteiger charge is 1.98. The molecule has 0 atom stereocenters. The van der Waals surface area contributed by atoms with E-state index in [4.69, 9.17) is 23.2 Å². The molecule has 2 rings (SSSR count). The van der Waals surface area contributed by atoms with Crippen molar-refractivity contribution in [2.45, 2.75) is 0 Å². The van der Waals surface area contributed by atoms with Crippen molar-refractivity contribution >= 4 is 34.4 Å². The SMILES string of the molecule is Clc1ccc2n[13c](Cl)cnc2n1. The van der Waals surface area contributed by atoms with Gasteiger partial charge in [0.25, 0.3) is 0 Å². The number of hydrogen-bond donors (Lipinski definition) is 0. The summed E-state index contributed by atoms with van der Waals surface area (Å²) in [5.41, 5.74) is 1.15. The third-order valence-electron chi connectivity index (χ3n) is 1.34. The fourth-order valence-electron chi connectivity index (χ4n) is 0.859. The first kappa shape index (κ1) is 7.71. The van der Waals surface area contributed by atoms with Gasteiger partial charge in [-0.3, -0.25) is 0 Å². The highest BCUT2D eigenvalue weighted by molar-refractivity contribution is 6.30. The molecule has 2 aromatic rings. The Morgan fingerprint density at radius 2 is 1.83 bits per heavy atom. The van der Waals surface area contributed by atoms with Crippen molar-refractivity contribution in [2.75, 3.05) is 0 Å². The summed E-state index contributed by atoms with van der Waals surface area (Å²) in [6, 6.07) is 3.37. The molecular formula is C7H3Cl2N3. The van der Waals surface area contributed by atoms with E-state index in [1.54, 1.807) is 12.1 Å². The summed E-state index contributed by atoms with van der Waals surface area (Å²) in [6.45, 7) is 0. The molecule has 0 bridgehead atoms. The Balaban J connectivity index is 2.79. The zero-order valence-corrected chi connectivity index (χ0v) is 7.34. The number of fused-ring (bicyclic) bond motifs is 1. The quantitative estimate of drug-likeness (QED) is 0.614. The molecule has 2 heterocycles. The summed E-state index contributed by atoms with van der Waals surface area (Å²) in [5, 5.41) is 0.755. The lowest BCUT2D eigenvalue weighted by atomic mass is 10.4. The summed E-state index contributed by atoms with van der Waals surface area (Å²) in [6.07, 6.45) is 1.44. The van der Waals surface area contributed by atoms with Crippen LogP contribution in [0, 0.1) is 0 Å². The molecule has 0 radical (unpaired) electrons. The lowest BCUT2D eigenvalue weighted by molar-refractivity contribution is 1.22. The Morgan fingerprint density at radius 3 is 2.67 bits per heavy atom. The first-order chi connectivity index (χ1) is 5.75. The minimum Gasteiger partial charge on any atom is -0.232 e. The molecular weight excluding hydrogens is 198 g/mol. The monoisotopic (exact) mass is 200 g/mol. The van der Waals surface area contributed by atoms with Gasteiger partial charge in [-0.1, -0.05) is 23.2 Å². The van der Waals surface area contributed by atoms with E-state index in [0.717, 1.165) is 0 Å². The van der Waals surface area contributed by atoms with Crippen molar-refractivity contribution in [2.24, 2.45) is 0 Å². The van der Waals surface area contributed by atoms with E-state index in [9.17, 15) is 0 Å². The highest BCUT2D eigenvalue weighted by Crippen LogP contribution is 2.13. The molecule has 0 N–H and O–H groups in total. The average molecular weight is 201 g/mol. The van der Waals surface area contributed by atoms with Crippen LogP contribution in [0.25, 0.3) is 11.2 Å². The second kappa shape index (κ2) is 2.84. The number of halogens is 2. The Kier molecular flexibility index (Phi) is 1.83. The van der Waals surface area contributed by atoms with E-state index in [0.29, 0.717) is 21.5 Å². The summed E-state index contributed by atoms with van der Waals surface area (Å²) in [4.78, 5) is 11.9. The number of pyridine rings is 1. The van der Waals surface area contributed by atoms with Gasteiger partial charge in [-0.2, -0.15) is 0 Å². The summed E-state index contributed by atoms with van der Waals surface area (Å²) < 4.78 is 0. The number of nitrogens with zero attached hydrogens (tertiary/aromatic N) is 3. The molecule has 3 nitrogen and oxygen atoms in total. The van der Waals surface area contributed by atoms with Gasteiger partial charge in [0.1, 0.15) is 15.8 Å². The van der Waals surface area contributed by atoms with Crippen molar-refractivity contribution in [1.82, 2.24) is 15.0 Å². The Morgan fingerprint density at radius 1 is 1.00 bits per heavy atom. The lowest BCUT2D eigenvalue weighted by Crippen LogP contribution is -1.87. The topological polar surface area (TPSA) is 38.7 Å². The van der Waals surface area contributed by atoms with Gasteiger partial charge in [-0.15, -0.1) is 0 Å². The van der Waals surface area contributed by atoms with Gasteiger partial charge in [0.2, 0.25) is 0 Å². The largest absolute Gasteiger partial charge is 0.232 e. The molecule has 0 saturated heterocycles.